The zero-order chi connectivity index (χ0) is 16.8. The number of likely N-dealkylation sites (N-methyl/N-ethyl adjacent to an activating group) is 1. The summed E-state index contributed by atoms with van der Waals surface area (Å²) in [6, 6.07) is 3.82. The van der Waals surface area contributed by atoms with E-state index in [1.54, 1.807) is 26.2 Å². The predicted octanol–water partition coefficient (Wildman–Crippen LogP) is 1.89. The Labute approximate surface area is 137 Å². The Morgan fingerprint density at radius 1 is 1.22 bits per heavy atom. The second-order valence-electron chi connectivity index (χ2n) is 5.55. The first-order valence-corrected chi connectivity index (χ1v) is 7.76. The molecule has 0 aliphatic carbocycles. The molecule has 6 nitrogen and oxygen atoms in total. The van der Waals surface area contributed by atoms with Crippen molar-refractivity contribution in [1.82, 2.24) is 4.90 Å². The van der Waals surface area contributed by atoms with Gasteiger partial charge in [-0.25, -0.2) is 0 Å². The Balaban J connectivity index is 2.03. The van der Waals surface area contributed by atoms with Crippen molar-refractivity contribution in [1.29, 1.82) is 0 Å². The van der Waals surface area contributed by atoms with Crippen molar-refractivity contribution in [3.63, 3.8) is 0 Å². The van der Waals surface area contributed by atoms with Crippen LogP contribution in [-0.2, 0) is 16.0 Å². The van der Waals surface area contributed by atoms with E-state index >= 15 is 0 Å². The zero-order valence-electron chi connectivity index (χ0n) is 14.3. The molecule has 1 saturated heterocycles. The SMILES string of the molecule is COc1cc(CCN(C)C(=O)C2CCCO2)cc(OC)c1OC. The molecule has 1 heterocycles. The Hall–Kier alpha value is -1.95. The van der Waals surface area contributed by atoms with Crippen molar-refractivity contribution in [2.75, 3.05) is 41.5 Å². The lowest BCUT2D eigenvalue weighted by atomic mass is 10.1. The fourth-order valence-electron chi connectivity index (χ4n) is 2.70. The van der Waals surface area contributed by atoms with E-state index in [2.05, 4.69) is 0 Å². The van der Waals surface area contributed by atoms with Crippen molar-refractivity contribution in [2.45, 2.75) is 25.4 Å². The lowest BCUT2D eigenvalue weighted by molar-refractivity contribution is -0.139. The molecule has 1 unspecified atom stereocenters. The van der Waals surface area contributed by atoms with Crippen molar-refractivity contribution in [3.8, 4) is 17.2 Å². The highest BCUT2D eigenvalue weighted by molar-refractivity contribution is 5.80. The van der Waals surface area contributed by atoms with Crippen LogP contribution in [0.15, 0.2) is 12.1 Å². The number of ether oxygens (including phenoxy) is 4. The molecule has 0 aromatic heterocycles. The van der Waals surface area contributed by atoms with Gasteiger partial charge < -0.3 is 23.8 Å². The van der Waals surface area contributed by atoms with Crippen LogP contribution in [-0.4, -0.2) is 58.4 Å². The van der Waals surface area contributed by atoms with Crippen LogP contribution < -0.4 is 14.2 Å². The van der Waals surface area contributed by atoms with Crippen LogP contribution >= 0.6 is 0 Å². The van der Waals surface area contributed by atoms with Crippen LogP contribution in [0.4, 0.5) is 0 Å². The number of amides is 1. The van der Waals surface area contributed by atoms with Gasteiger partial charge in [0.05, 0.1) is 21.3 Å². The van der Waals surface area contributed by atoms with Gasteiger partial charge in [-0.15, -0.1) is 0 Å². The zero-order valence-corrected chi connectivity index (χ0v) is 14.3. The minimum Gasteiger partial charge on any atom is -0.493 e. The van der Waals surface area contributed by atoms with E-state index in [1.165, 1.54) is 0 Å². The first-order valence-electron chi connectivity index (χ1n) is 7.76. The Bertz CT molecular complexity index is 515. The van der Waals surface area contributed by atoms with Crippen molar-refractivity contribution in [3.05, 3.63) is 17.7 Å². The highest BCUT2D eigenvalue weighted by atomic mass is 16.5. The number of hydrogen-bond acceptors (Lipinski definition) is 5. The van der Waals surface area contributed by atoms with Crippen LogP contribution in [0.1, 0.15) is 18.4 Å². The van der Waals surface area contributed by atoms with E-state index < -0.39 is 0 Å². The summed E-state index contributed by atoms with van der Waals surface area (Å²) in [5, 5.41) is 0. The van der Waals surface area contributed by atoms with Gasteiger partial charge in [0.2, 0.25) is 5.75 Å². The molecule has 1 atom stereocenters. The van der Waals surface area contributed by atoms with Gasteiger partial charge in [-0.3, -0.25) is 4.79 Å². The minimum absolute atomic E-state index is 0.0509. The Morgan fingerprint density at radius 3 is 2.35 bits per heavy atom. The number of hydrogen-bond donors (Lipinski definition) is 0. The molecule has 0 radical (unpaired) electrons. The van der Waals surface area contributed by atoms with E-state index in [9.17, 15) is 4.79 Å². The summed E-state index contributed by atoms with van der Waals surface area (Å²) in [6.45, 7) is 1.29. The second-order valence-corrected chi connectivity index (χ2v) is 5.55. The molecule has 0 N–H and O–H groups in total. The molecule has 1 aliphatic rings. The first-order chi connectivity index (χ1) is 11.1. The summed E-state index contributed by atoms with van der Waals surface area (Å²) in [5.41, 5.74) is 1.02. The third kappa shape index (κ3) is 4.07. The largest absolute Gasteiger partial charge is 0.493 e. The average Bonchev–Trinajstić information content (AvgIpc) is 3.12. The number of rotatable bonds is 7. The van der Waals surface area contributed by atoms with E-state index in [0.717, 1.165) is 18.4 Å². The lowest BCUT2D eigenvalue weighted by Crippen LogP contribution is -2.37. The summed E-state index contributed by atoms with van der Waals surface area (Å²) in [5.74, 6) is 1.86. The summed E-state index contributed by atoms with van der Waals surface area (Å²) in [6.07, 6.45) is 2.19. The molecule has 0 spiro atoms. The highest BCUT2D eigenvalue weighted by Crippen LogP contribution is 2.38. The molecule has 1 aromatic rings. The van der Waals surface area contributed by atoms with Crippen LogP contribution in [0.2, 0.25) is 0 Å². The monoisotopic (exact) mass is 323 g/mol. The molecule has 1 fully saturated rings. The minimum atomic E-state index is -0.278. The summed E-state index contributed by atoms with van der Waals surface area (Å²) in [7, 11) is 6.57. The average molecular weight is 323 g/mol. The van der Waals surface area contributed by atoms with E-state index in [0.29, 0.717) is 36.8 Å². The standard InChI is InChI=1S/C17H25NO5/c1-18(17(19)13-6-5-9-23-13)8-7-12-10-14(20-2)16(22-4)15(11-12)21-3/h10-11,13H,5-9H2,1-4H3. The van der Waals surface area contributed by atoms with Gasteiger partial charge in [-0.2, -0.15) is 0 Å². The highest BCUT2D eigenvalue weighted by Gasteiger charge is 2.26. The van der Waals surface area contributed by atoms with Crippen LogP contribution in [0.3, 0.4) is 0 Å². The molecule has 1 aromatic carbocycles. The Morgan fingerprint density at radius 2 is 1.87 bits per heavy atom. The van der Waals surface area contributed by atoms with Gasteiger partial charge in [0.1, 0.15) is 6.10 Å². The molecule has 0 saturated carbocycles. The molecular formula is C17H25NO5. The fourth-order valence-corrected chi connectivity index (χ4v) is 2.70. The normalized spacial score (nSPS) is 17.0. The van der Waals surface area contributed by atoms with Crippen molar-refractivity contribution in [2.24, 2.45) is 0 Å². The van der Waals surface area contributed by atoms with Gasteiger partial charge in [0, 0.05) is 20.2 Å². The first kappa shape index (κ1) is 17.4. The molecule has 6 heteroatoms. The molecule has 0 bridgehead atoms. The van der Waals surface area contributed by atoms with Gasteiger partial charge in [-0.05, 0) is 37.0 Å². The molecule has 1 aliphatic heterocycles. The maximum absolute atomic E-state index is 12.2. The van der Waals surface area contributed by atoms with Crippen LogP contribution in [0.25, 0.3) is 0 Å². The second kappa shape index (κ2) is 8.06. The number of carbonyl (C=O) groups excluding carboxylic acids is 1. The fraction of sp³-hybridized carbons (Fsp3) is 0.588. The van der Waals surface area contributed by atoms with Crippen molar-refractivity contribution >= 4 is 5.91 Å². The molecular weight excluding hydrogens is 298 g/mol. The van der Waals surface area contributed by atoms with Crippen molar-refractivity contribution < 1.29 is 23.7 Å². The predicted molar refractivity (Wildman–Crippen MR) is 86.4 cm³/mol. The van der Waals surface area contributed by atoms with Gasteiger partial charge in [-0.1, -0.05) is 0 Å². The van der Waals surface area contributed by atoms with Gasteiger partial charge >= 0.3 is 0 Å². The maximum Gasteiger partial charge on any atom is 0.251 e. The van der Waals surface area contributed by atoms with E-state index in [1.807, 2.05) is 19.2 Å². The Kier molecular flexibility index (Phi) is 6.10. The summed E-state index contributed by atoms with van der Waals surface area (Å²) < 4.78 is 21.5. The number of carbonyl (C=O) groups is 1. The number of nitrogens with zero attached hydrogens (tertiary/aromatic N) is 1. The van der Waals surface area contributed by atoms with E-state index in [-0.39, 0.29) is 12.0 Å². The summed E-state index contributed by atoms with van der Waals surface area (Å²) >= 11 is 0. The molecule has 23 heavy (non-hydrogen) atoms. The molecule has 1 amide bonds. The maximum atomic E-state index is 12.2. The van der Waals surface area contributed by atoms with Gasteiger partial charge in [0.25, 0.3) is 5.91 Å². The third-order valence-electron chi connectivity index (χ3n) is 4.04. The smallest absolute Gasteiger partial charge is 0.251 e. The molecule has 128 valence electrons. The number of benzene rings is 1. The van der Waals surface area contributed by atoms with Crippen LogP contribution in [0.5, 0.6) is 17.2 Å². The third-order valence-corrected chi connectivity index (χ3v) is 4.04. The molecule has 2 rings (SSSR count). The van der Waals surface area contributed by atoms with E-state index in [4.69, 9.17) is 18.9 Å². The topological polar surface area (TPSA) is 57.2 Å². The van der Waals surface area contributed by atoms with Crippen LogP contribution in [0, 0.1) is 0 Å². The van der Waals surface area contributed by atoms with Gasteiger partial charge in [0.15, 0.2) is 11.5 Å². The summed E-state index contributed by atoms with van der Waals surface area (Å²) in [4.78, 5) is 14.0. The quantitative estimate of drug-likeness (QED) is 0.767. The lowest BCUT2D eigenvalue weighted by Gasteiger charge is -2.21. The number of methoxy groups -OCH3 is 3.